The summed E-state index contributed by atoms with van der Waals surface area (Å²) in [5.41, 5.74) is 0. The number of nitriles is 3. The third-order valence-electron chi connectivity index (χ3n) is 0. The Morgan fingerprint density at radius 2 is 0.727 bits per heavy atom. The summed E-state index contributed by atoms with van der Waals surface area (Å²) in [6, 6.07) is 0. The third-order valence-corrected chi connectivity index (χ3v) is 0. The van der Waals surface area contributed by atoms with Gasteiger partial charge in [-0.05, 0) is 0 Å². The summed E-state index contributed by atoms with van der Waals surface area (Å²) in [6.07, 6.45) is 0. The first-order chi connectivity index (χ1) is 4.24. The van der Waals surface area contributed by atoms with Gasteiger partial charge in [0, 0.05) is 0 Å². The maximum absolute atomic E-state index is 7.13. The van der Waals surface area contributed by atoms with Gasteiger partial charge in [-0.1, -0.05) is 16.2 Å². The minimum Gasteiger partial charge on any atom is -0.696 e. The number of nitrogens with zero attached hydrogens (tertiary/aromatic N) is 3. The largest absolute Gasteiger partial charge is 2.00 e. The van der Waals surface area contributed by atoms with Crippen molar-refractivity contribution in [3.63, 3.8) is 0 Å². The molecule has 0 aliphatic heterocycles. The van der Waals surface area contributed by atoms with Crippen LogP contribution in [0.4, 0.5) is 0 Å². The van der Waals surface area contributed by atoms with E-state index < -0.39 is 0 Å². The van der Waals surface area contributed by atoms with Gasteiger partial charge in [-0.2, -0.15) is 0 Å². The number of hydrogen-bond donors (Lipinski definition) is 0. The molecule has 11 heavy (non-hydrogen) atoms. The van der Waals surface area contributed by atoms with Crippen molar-refractivity contribution in [2.45, 2.75) is 0 Å². The Morgan fingerprint density at radius 3 is 0.727 bits per heavy atom. The van der Waals surface area contributed by atoms with Gasteiger partial charge in [0.2, 0.25) is 0 Å². The van der Waals surface area contributed by atoms with Crippen molar-refractivity contribution in [2.24, 2.45) is 0 Å². The van der Waals surface area contributed by atoms with Gasteiger partial charge in [-0.25, -0.2) is 15.8 Å². The average molecular weight is 421 g/mol. The molecule has 0 aliphatic carbocycles. The van der Waals surface area contributed by atoms with Crippen LogP contribution in [0.25, 0.3) is 0 Å². The molecule has 0 aliphatic rings. The molecule has 0 saturated heterocycles. The molecule has 0 aromatic carbocycles. The van der Waals surface area contributed by atoms with Crippen molar-refractivity contribution in [1.82, 2.24) is 0 Å². The average Bonchev–Trinajstić information content (AvgIpc) is 1.70. The fourth-order valence-electron chi connectivity index (χ4n) is 0. The summed E-state index contributed by atoms with van der Waals surface area (Å²) >= 11 is 11.1. The van der Waals surface area contributed by atoms with Crippen LogP contribution in [0.1, 0.15) is 0 Å². The first-order valence-corrected chi connectivity index (χ1v) is 2.51. The molecule has 0 bridgehead atoms. The minimum atomic E-state index is 0. The normalized spacial score (nSPS) is 1.91. The van der Waals surface area contributed by atoms with Gasteiger partial charge in [-0.15, -0.1) is 0 Å². The molecule has 0 aromatic heterocycles. The molecule has 2 radical (unpaired) electrons. The number of rotatable bonds is 0. The van der Waals surface area contributed by atoms with Crippen LogP contribution in [0, 0.1) is 32.0 Å². The van der Waals surface area contributed by atoms with Crippen molar-refractivity contribution in [2.75, 3.05) is 0 Å². The molecule has 0 spiro atoms. The van der Waals surface area contributed by atoms with Gasteiger partial charge in [0.1, 0.15) is 0 Å². The predicted octanol–water partition coefficient (Wildman–Crippen LogP) is -3.33. The summed E-state index contributed by atoms with van der Waals surface area (Å²) in [4.78, 5) is 0. The summed E-state index contributed by atoms with van der Waals surface area (Å²) in [6.45, 7) is 0. The molecule has 0 saturated carbocycles. The quantitative estimate of drug-likeness (QED) is 0.232. The van der Waals surface area contributed by atoms with E-state index in [1.54, 1.807) is 0 Å². The van der Waals surface area contributed by atoms with Gasteiger partial charge in [0.15, 0.2) is 0 Å². The molecule has 0 unspecified atom stereocenters. The molecule has 50 valence electrons. The zero-order chi connectivity index (χ0) is 8.12. The Balaban J connectivity index is -0.0000000150. The molecule has 0 rings (SSSR count). The first kappa shape index (κ1) is 29.3. The van der Waals surface area contributed by atoms with Gasteiger partial charge < -0.3 is 37.9 Å². The Hall–Kier alpha value is 1.69. The van der Waals surface area contributed by atoms with E-state index in [0.29, 0.717) is 0 Å². The van der Waals surface area contributed by atoms with E-state index in [-0.39, 0.29) is 78.7 Å². The topological polar surface area (TPSA) is 71.4 Å². The molecule has 0 atom stereocenters. The maximum atomic E-state index is 7.13. The summed E-state index contributed by atoms with van der Waals surface area (Å²) in [7, 11) is 0. The van der Waals surface area contributed by atoms with Crippen LogP contribution in [0.5, 0.6) is 0 Å². The fourth-order valence-corrected chi connectivity index (χ4v) is 0. The molecule has 3 nitrogen and oxygen atoms in total. The molecule has 0 fully saturated rings. The Morgan fingerprint density at radius 1 is 0.727 bits per heavy atom. The molecule has 0 amide bonds. The summed E-state index contributed by atoms with van der Waals surface area (Å²) in [5, 5.41) is 25.4. The minimum absolute atomic E-state index is 0. The van der Waals surface area contributed by atoms with Gasteiger partial charge in [-0.3, -0.25) is 0 Å². The standard InChI is InChI=1S/3CHNS.K.Pb/c3*2-1-3;;/h3*3H;;/q;;;+1;+2/p-3. The zero-order valence-corrected chi connectivity index (χ0v) is 15.0. The monoisotopic (exact) mass is 421 g/mol. The molecule has 0 heterocycles. The second-order valence-corrected chi connectivity index (χ2v) is 0.822. The molecule has 0 N–H and O–H groups in total. The van der Waals surface area contributed by atoms with Gasteiger partial charge >= 0.3 is 78.7 Å². The van der Waals surface area contributed by atoms with E-state index in [2.05, 4.69) is 37.9 Å². The zero-order valence-electron chi connectivity index (χ0n) is 5.57. The van der Waals surface area contributed by atoms with Crippen LogP contribution in [0.3, 0.4) is 0 Å². The predicted molar refractivity (Wildman–Crippen MR) is 44.7 cm³/mol. The first-order valence-electron chi connectivity index (χ1n) is 1.28. The van der Waals surface area contributed by atoms with E-state index in [0.717, 1.165) is 0 Å². The van der Waals surface area contributed by atoms with Crippen molar-refractivity contribution >= 4 is 65.2 Å². The van der Waals surface area contributed by atoms with E-state index in [9.17, 15) is 0 Å². The van der Waals surface area contributed by atoms with E-state index in [1.807, 2.05) is 0 Å². The smallest absolute Gasteiger partial charge is 0.696 e. The van der Waals surface area contributed by atoms with Gasteiger partial charge in [0.05, 0.1) is 0 Å². The van der Waals surface area contributed by atoms with Gasteiger partial charge in [0.25, 0.3) is 0 Å². The van der Waals surface area contributed by atoms with Crippen LogP contribution >= 0.6 is 0 Å². The Bertz CT molecular complexity index is 117. The van der Waals surface area contributed by atoms with E-state index >= 15 is 0 Å². The SMILES string of the molecule is N#C[S-].N#C[S-].N#C[S-].[K+].[Pb+2]. The Labute approximate surface area is 145 Å². The second-order valence-electron chi connectivity index (χ2n) is 0.274. The molecular weight excluding hydrogens is 421 g/mol. The molecule has 8 heteroatoms. The number of thiocyanates is 3. The van der Waals surface area contributed by atoms with Crippen molar-refractivity contribution < 1.29 is 51.4 Å². The van der Waals surface area contributed by atoms with Crippen LogP contribution in [0.2, 0.25) is 0 Å². The van der Waals surface area contributed by atoms with Crippen LogP contribution in [-0.2, 0) is 37.9 Å². The fraction of sp³-hybridized carbons (Fsp3) is 0. The van der Waals surface area contributed by atoms with E-state index in [1.165, 1.54) is 16.2 Å². The van der Waals surface area contributed by atoms with Crippen molar-refractivity contribution in [3.8, 4) is 16.2 Å². The van der Waals surface area contributed by atoms with Crippen molar-refractivity contribution in [3.05, 3.63) is 0 Å². The van der Waals surface area contributed by atoms with E-state index in [4.69, 9.17) is 15.8 Å². The van der Waals surface area contributed by atoms with Crippen LogP contribution in [-0.4, -0.2) is 27.3 Å². The molecule has 0 aromatic rings. The Kier molecular flexibility index (Phi) is 162. The van der Waals surface area contributed by atoms with Crippen LogP contribution < -0.4 is 51.4 Å². The second kappa shape index (κ2) is 60.7. The molecular formula is C3KN3PbS3. The summed E-state index contributed by atoms with van der Waals surface area (Å²) < 4.78 is 0. The number of hydrogen-bond acceptors (Lipinski definition) is 6. The summed E-state index contributed by atoms with van der Waals surface area (Å²) in [5.74, 6) is 0. The van der Waals surface area contributed by atoms with Crippen molar-refractivity contribution in [1.29, 1.82) is 15.8 Å². The maximum Gasteiger partial charge on any atom is 2.00 e. The third kappa shape index (κ3) is 385. The van der Waals surface area contributed by atoms with Crippen LogP contribution in [0.15, 0.2) is 0 Å².